The van der Waals surface area contributed by atoms with Crippen molar-refractivity contribution >= 4 is 11.9 Å². The van der Waals surface area contributed by atoms with Crippen LogP contribution in [0.2, 0.25) is 0 Å². The van der Waals surface area contributed by atoms with Gasteiger partial charge in [0.2, 0.25) is 5.91 Å². The van der Waals surface area contributed by atoms with Gasteiger partial charge in [-0.05, 0) is 18.1 Å². The third-order valence-electron chi connectivity index (χ3n) is 4.24. The Morgan fingerprint density at radius 3 is 2.57 bits per heavy atom. The summed E-state index contributed by atoms with van der Waals surface area (Å²) in [6, 6.07) is 3.97. The van der Waals surface area contributed by atoms with Crippen LogP contribution < -0.4 is 0 Å². The van der Waals surface area contributed by atoms with E-state index < -0.39 is 11.9 Å². The highest BCUT2D eigenvalue weighted by atomic mass is 16.4. The van der Waals surface area contributed by atoms with Gasteiger partial charge < -0.3 is 10.0 Å². The molecule has 2 aliphatic rings. The number of aromatic nitrogens is 1. The number of carboxylic acids is 1. The van der Waals surface area contributed by atoms with Crippen molar-refractivity contribution in [3.05, 3.63) is 30.1 Å². The maximum Gasteiger partial charge on any atom is 0.307 e. The molecule has 1 N–H and O–H groups in total. The van der Waals surface area contributed by atoms with Crippen LogP contribution in [-0.2, 0) is 16.1 Å². The third-order valence-corrected chi connectivity index (χ3v) is 4.24. The largest absolute Gasteiger partial charge is 0.481 e. The summed E-state index contributed by atoms with van der Waals surface area (Å²) in [7, 11) is 0. The van der Waals surface area contributed by atoms with Crippen LogP contribution in [0.15, 0.2) is 24.5 Å². The van der Waals surface area contributed by atoms with E-state index in [1.807, 2.05) is 23.2 Å². The Bertz CT molecular complexity index is 526. The summed E-state index contributed by atoms with van der Waals surface area (Å²) in [4.78, 5) is 31.2. The standard InChI is InChI=1S/C15H19N3O3/c19-14(12-8-13(12)15(20)21)18-6-4-17(5-7-18)10-11-2-1-3-16-9-11/h1-3,9,12-13H,4-8,10H2,(H,20,21)/t12-,13+/m1/s1. The topological polar surface area (TPSA) is 73.7 Å². The van der Waals surface area contributed by atoms with Gasteiger partial charge in [-0.1, -0.05) is 6.07 Å². The van der Waals surface area contributed by atoms with Crippen molar-refractivity contribution in [2.24, 2.45) is 11.8 Å². The van der Waals surface area contributed by atoms with Gasteiger partial charge in [-0.25, -0.2) is 0 Å². The molecule has 1 aliphatic heterocycles. The highest BCUT2D eigenvalue weighted by Crippen LogP contribution is 2.40. The normalized spacial score (nSPS) is 25.6. The number of nitrogens with zero attached hydrogens (tertiary/aromatic N) is 3. The quantitative estimate of drug-likeness (QED) is 0.871. The zero-order valence-corrected chi connectivity index (χ0v) is 11.8. The SMILES string of the molecule is O=C(O)[C@H]1C[C@H]1C(=O)N1CCN(Cc2cccnc2)CC1. The molecule has 1 saturated carbocycles. The fraction of sp³-hybridized carbons (Fsp3) is 0.533. The maximum atomic E-state index is 12.2. The summed E-state index contributed by atoms with van der Waals surface area (Å²) in [5, 5.41) is 8.89. The van der Waals surface area contributed by atoms with Gasteiger partial charge in [-0.2, -0.15) is 0 Å². The number of carbonyl (C=O) groups is 2. The summed E-state index contributed by atoms with van der Waals surface area (Å²) in [6.45, 7) is 3.86. The molecule has 0 aromatic carbocycles. The van der Waals surface area contributed by atoms with Gasteiger partial charge >= 0.3 is 5.97 Å². The molecule has 1 aromatic heterocycles. The van der Waals surface area contributed by atoms with Crippen molar-refractivity contribution in [1.29, 1.82) is 0 Å². The molecule has 6 nitrogen and oxygen atoms in total. The number of pyridine rings is 1. The van der Waals surface area contributed by atoms with E-state index in [1.54, 1.807) is 6.20 Å². The predicted molar refractivity (Wildman–Crippen MR) is 75.3 cm³/mol. The molecular weight excluding hydrogens is 270 g/mol. The molecule has 3 rings (SSSR count). The number of amides is 1. The Balaban J connectivity index is 1.47. The van der Waals surface area contributed by atoms with Crippen LogP contribution >= 0.6 is 0 Å². The van der Waals surface area contributed by atoms with Crippen molar-refractivity contribution < 1.29 is 14.7 Å². The van der Waals surface area contributed by atoms with Crippen molar-refractivity contribution in [2.45, 2.75) is 13.0 Å². The predicted octanol–water partition coefficient (Wildman–Crippen LogP) is 0.446. The second-order valence-electron chi connectivity index (χ2n) is 5.75. The molecule has 0 radical (unpaired) electrons. The molecule has 2 heterocycles. The van der Waals surface area contributed by atoms with Crippen LogP contribution in [0.3, 0.4) is 0 Å². The van der Waals surface area contributed by atoms with Gasteiger partial charge in [0.1, 0.15) is 0 Å². The molecule has 21 heavy (non-hydrogen) atoms. The minimum atomic E-state index is -0.844. The molecular formula is C15H19N3O3. The minimum Gasteiger partial charge on any atom is -0.481 e. The van der Waals surface area contributed by atoms with E-state index >= 15 is 0 Å². The Labute approximate surface area is 123 Å². The number of hydrogen-bond acceptors (Lipinski definition) is 4. The molecule has 2 atom stereocenters. The highest BCUT2D eigenvalue weighted by molar-refractivity contribution is 5.89. The van der Waals surface area contributed by atoms with Crippen LogP contribution in [-0.4, -0.2) is 57.9 Å². The minimum absolute atomic E-state index is 0.0171. The van der Waals surface area contributed by atoms with Gasteiger partial charge in [0, 0.05) is 45.1 Å². The number of hydrogen-bond donors (Lipinski definition) is 1. The van der Waals surface area contributed by atoms with E-state index in [4.69, 9.17) is 5.11 Å². The number of aliphatic carboxylic acids is 1. The Kier molecular flexibility index (Phi) is 3.88. The monoisotopic (exact) mass is 289 g/mol. The summed E-state index contributed by atoms with van der Waals surface area (Å²) < 4.78 is 0. The molecule has 2 fully saturated rings. The molecule has 0 spiro atoms. The molecule has 1 amide bonds. The zero-order chi connectivity index (χ0) is 14.8. The van der Waals surface area contributed by atoms with E-state index in [2.05, 4.69) is 9.88 Å². The summed E-state index contributed by atoms with van der Waals surface area (Å²) in [5.41, 5.74) is 1.17. The van der Waals surface area contributed by atoms with Crippen molar-refractivity contribution in [2.75, 3.05) is 26.2 Å². The number of piperazine rings is 1. The zero-order valence-electron chi connectivity index (χ0n) is 11.8. The van der Waals surface area contributed by atoms with Gasteiger partial charge in [0.25, 0.3) is 0 Å². The Hall–Kier alpha value is -1.95. The average Bonchev–Trinajstić information content (AvgIpc) is 3.29. The van der Waals surface area contributed by atoms with E-state index in [0.29, 0.717) is 19.5 Å². The molecule has 6 heteroatoms. The lowest BCUT2D eigenvalue weighted by Crippen LogP contribution is -2.49. The first-order valence-corrected chi connectivity index (χ1v) is 7.28. The third kappa shape index (κ3) is 3.21. The molecule has 1 aromatic rings. The lowest BCUT2D eigenvalue weighted by atomic mass is 10.2. The van der Waals surface area contributed by atoms with Gasteiger partial charge in [-0.3, -0.25) is 19.5 Å². The van der Waals surface area contributed by atoms with Crippen LogP contribution in [0, 0.1) is 11.8 Å². The lowest BCUT2D eigenvalue weighted by molar-refractivity contribution is -0.142. The summed E-state index contributed by atoms with van der Waals surface area (Å²) in [6.07, 6.45) is 4.12. The number of rotatable bonds is 4. The summed E-state index contributed by atoms with van der Waals surface area (Å²) >= 11 is 0. The van der Waals surface area contributed by atoms with E-state index in [1.165, 1.54) is 5.56 Å². The van der Waals surface area contributed by atoms with Crippen LogP contribution in [0.1, 0.15) is 12.0 Å². The van der Waals surface area contributed by atoms with E-state index in [9.17, 15) is 9.59 Å². The van der Waals surface area contributed by atoms with Crippen molar-refractivity contribution in [1.82, 2.24) is 14.8 Å². The smallest absolute Gasteiger partial charge is 0.307 e. The van der Waals surface area contributed by atoms with E-state index in [0.717, 1.165) is 19.6 Å². The molecule has 112 valence electrons. The van der Waals surface area contributed by atoms with Crippen molar-refractivity contribution in [3.8, 4) is 0 Å². The lowest BCUT2D eigenvalue weighted by Gasteiger charge is -2.34. The van der Waals surface area contributed by atoms with Crippen molar-refractivity contribution in [3.63, 3.8) is 0 Å². The number of carbonyl (C=O) groups excluding carboxylic acids is 1. The highest BCUT2D eigenvalue weighted by Gasteiger charge is 2.49. The Morgan fingerprint density at radius 1 is 1.24 bits per heavy atom. The van der Waals surface area contributed by atoms with Crippen LogP contribution in [0.25, 0.3) is 0 Å². The first-order valence-electron chi connectivity index (χ1n) is 7.28. The average molecular weight is 289 g/mol. The molecule has 1 aliphatic carbocycles. The van der Waals surface area contributed by atoms with Gasteiger partial charge in [0.05, 0.1) is 11.8 Å². The molecule has 0 unspecified atom stereocenters. The second kappa shape index (κ2) is 5.81. The fourth-order valence-electron chi connectivity index (χ4n) is 2.85. The van der Waals surface area contributed by atoms with Gasteiger partial charge in [-0.15, -0.1) is 0 Å². The van der Waals surface area contributed by atoms with Gasteiger partial charge in [0.15, 0.2) is 0 Å². The Morgan fingerprint density at radius 2 is 2.00 bits per heavy atom. The molecule has 1 saturated heterocycles. The van der Waals surface area contributed by atoms with Crippen LogP contribution in [0.4, 0.5) is 0 Å². The second-order valence-corrected chi connectivity index (χ2v) is 5.75. The first kappa shape index (κ1) is 14.0. The fourth-order valence-corrected chi connectivity index (χ4v) is 2.85. The molecule has 0 bridgehead atoms. The summed E-state index contributed by atoms with van der Waals surface area (Å²) in [5.74, 6) is -1.56. The maximum absolute atomic E-state index is 12.2. The first-order chi connectivity index (χ1) is 10.1. The number of carboxylic acid groups (broad SMARTS) is 1. The van der Waals surface area contributed by atoms with Crippen LogP contribution in [0.5, 0.6) is 0 Å². The van der Waals surface area contributed by atoms with E-state index in [-0.39, 0.29) is 11.8 Å².